The molecule has 2 N–H and O–H groups in total. The summed E-state index contributed by atoms with van der Waals surface area (Å²) in [4.78, 5) is 34.5. The van der Waals surface area contributed by atoms with Crippen LogP contribution in [0.25, 0.3) is 0 Å². The van der Waals surface area contributed by atoms with E-state index in [-0.39, 0.29) is 17.9 Å². The van der Waals surface area contributed by atoms with Crippen molar-refractivity contribution in [2.45, 2.75) is 19.4 Å². The molecule has 3 rings (SSSR count). The predicted octanol–water partition coefficient (Wildman–Crippen LogP) is 2.04. The molecule has 0 aromatic carbocycles. The highest BCUT2D eigenvalue weighted by Gasteiger charge is 2.27. The van der Waals surface area contributed by atoms with Gasteiger partial charge in [-0.1, -0.05) is 12.1 Å². The molecule has 130 valence electrons. The lowest BCUT2D eigenvalue weighted by Crippen LogP contribution is -2.46. The quantitative estimate of drug-likeness (QED) is 0.892. The molecule has 0 spiro atoms. The van der Waals surface area contributed by atoms with Gasteiger partial charge in [0.25, 0.3) is 0 Å². The summed E-state index contributed by atoms with van der Waals surface area (Å²) in [6.07, 6.45) is 4.64. The molecular formula is C18H21N5O2. The van der Waals surface area contributed by atoms with Crippen LogP contribution in [-0.4, -0.2) is 39.9 Å². The molecule has 0 atom stereocenters. The second kappa shape index (κ2) is 8.23. The van der Waals surface area contributed by atoms with Gasteiger partial charge in [0.2, 0.25) is 5.91 Å². The van der Waals surface area contributed by atoms with Crippen molar-refractivity contribution in [3.8, 4) is 0 Å². The lowest BCUT2D eigenvalue weighted by Gasteiger charge is -2.31. The number of carbonyl (C=O) groups excluding carboxylic acids is 2. The molecule has 2 aromatic heterocycles. The number of nitrogens with zero attached hydrogens (tertiary/aromatic N) is 3. The number of pyridine rings is 2. The molecule has 25 heavy (non-hydrogen) atoms. The van der Waals surface area contributed by atoms with Crippen LogP contribution in [0, 0.1) is 5.92 Å². The number of rotatable bonds is 4. The van der Waals surface area contributed by atoms with Crippen LogP contribution < -0.4 is 10.6 Å². The summed E-state index contributed by atoms with van der Waals surface area (Å²) in [5.41, 5.74) is 0.820. The average Bonchev–Trinajstić information content (AvgIpc) is 2.68. The zero-order valence-electron chi connectivity index (χ0n) is 13.9. The van der Waals surface area contributed by atoms with Gasteiger partial charge in [-0.25, -0.2) is 9.78 Å². The number of carbonyl (C=O) groups is 2. The smallest absolute Gasteiger partial charge is 0.317 e. The molecule has 0 saturated carbocycles. The monoisotopic (exact) mass is 339 g/mol. The molecule has 1 aliphatic heterocycles. The van der Waals surface area contributed by atoms with Crippen LogP contribution in [0.5, 0.6) is 0 Å². The van der Waals surface area contributed by atoms with E-state index in [1.165, 1.54) is 0 Å². The number of amides is 3. The van der Waals surface area contributed by atoms with Gasteiger partial charge in [-0.05, 0) is 37.1 Å². The number of urea groups is 1. The van der Waals surface area contributed by atoms with E-state index in [9.17, 15) is 9.59 Å². The zero-order chi connectivity index (χ0) is 17.5. The maximum absolute atomic E-state index is 12.3. The molecule has 3 heterocycles. The highest BCUT2D eigenvalue weighted by molar-refractivity contribution is 5.91. The number of nitrogens with one attached hydrogen (secondary N) is 2. The summed E-state index contributed by atoms with van der Waals surface area (Å²) in [5, 5.41) is 5.69. The molecule has 0 unspecified atom stereocenters. The van der Waals surface area contributed by atoms with Crippen LogP contribution >= 0.6 is 0 Å². The summed E-state index contributed by atoms with van der Waals surface area (Å²) in [7, 11) is 0. The number of hydrogen-bond donors (Lipinski definition) is 2. The van der Waals surface area contributed by atoms with Crippen LogP contribution in [0.4, 0.5) is 10.6 Å². The van der Waals surface area contributed by atoms with Gasteiger partial charge in [-0.15, -0.1) is 0 Å². The Balaban J connectivity index is 1.43. The van der Waals surface area contributed by atoms with E-state index in [0.29, 0.717) is 38.3 Å². The fourth-order valence-corrected chi connectivity index (χ4v) is 2.79. The molecular weight excluding hydrogens is 318 g/mol. The van der Waals surface area contributed by atoms with Crippen molar-refractivity contribution in [1.29, 1.82) is 0 Å². The molecule has 1 aliphatic rings. The fourth-order valence-electron chi connectivity index (χ4n) is 2.79. The van der Waals surface area contributed by atoms with Crippen molar-refractivity contribution in [1.82, 2.24) is 20.2 Å². The Labute approximate surface area is 146 Å². The van der Waals surface area contributed by atoms with Crippen LogP contribution in [-0.2, 0) is 11.3 Å². The average molecular weight is 339 g/mol. The van der Waals surface area contributed by atoms with Crippen LogP contribution in [0.3, 0.4) is 0 Å². The predicted molar refractivity (Wildman–Crippen MR) is 93.6 cm³/mol. The zero-order valence-corrected chi connectivity index (χ0v) is 13.9. The first kappa shape index (κ1) is 16.9. The Hall–Kier alpha value is -2.96. The van der Waals surface area contributed by atoms with E-state index in [4.69, 9.17) is 0 Å². The van der Waals surface area contributed by atoms with E-state index < -0.39 is 0 Å². The summed E-state index contributed by atoms with van der Waals surface area (Å²) in [6, 6.07) is 10.9. The minimum absolute atomic E-state index is 0.0350. The summed E-state index contributed by atoms with van der Waals surface area (Å²) in [6.45, 7) is 1.53. The van der Waals surface area contributed by atoms with Gasteiger partial charge in [0.15, 0.2) is 0 Å². The van der Waals surface area contributed by atoms with E-state index in [1.54, 1.807) is 29.4 Å². The van der Waals surface area contributed by atoms with Gasteiger partial charge in [-0.2, -0.15) is 0 Å². The van der Waals surface area contributed by atoms with Crippen molar-refractivity contribution in [2.75, 3.05) is 18.4 Å². The Morgan fingerprint density at radius 3 is 2.40 bits per heavy atom. The third kappa shape index (κ3) is 4.76. The second-order valence-corrected chi connectivity index (χ2v) is 5.95. The molecule has 7 nitrogen and oxygen atoms in total. The Kier molecular flexibility index (Phi) is 5.56. The fraction of sp³-hybridized carbons (Fsp3) is 0.333. The number of likely N-dealkylation sites (tertiary alicyclic amines) is 1. The van der Waals surface area contributed by atoms with Crippen LogP contribution in [0.15, 0.2) is 48.8 Å². The van der Waals surface area contributed by atoms with Gasteiger partial charge in [0.05, 0.1) is 12.2 Å². The molecule has 1 saturated heterocycles. The summed E-state index contributed by atoms with van der Waals surface area (Å²) >= 11 is 0. The van der Waals surface area contributed by atoms with Crippen molar-refractivity contribution >= 4 is 17.8 Å². The van der Waals surface area contributed by atoms with Gasteiger partial charge < -0.3 is 15.5 Å². The maximum atomic E-state index is 12.3. The van der Waals surface area contributed by atoms with Crippen molar-refractivity contribution in [2.24, 2.45) is 5.92 Å². The minimum atomic E-state index is -0.116. The number of piperidine rings is 1. The highest BCUT2D eigenvalue weighted by atomic mass is 16.2. The molecule has 3 amide bonds. The first-order valence-corrected chi connectivity index (χ1v) is 8.37. The summed E-state index contributed by atoms with van der Waals surface area (Å²) in [5.74, 6) is 0.428. The van der Waals surface area contributed by atoms with Crippen molar-refractivity contribution in [3.63, 3.8) is 0 Å². The van der Waals surface area contributed by atoms with Gasteiger partial charge >= 0.3 is 6.03 Å². The van der Waals surface area contributed by atoms with Crippen molar-refractivity contribution in [3.05, 3.63) is 54.5 Å². The number of anilines is 1. The first-order chi connectivity index (χ1) is 12.2. The molecule has 0 radical (unpaired) electrons. The molecule has 0 aliphatic carbocycles. The Morgan fingerprint density at radius 2 is 1.76 bits per heavy atom. The SMILES string of the molecule is O=C(Nc1ccccn1)C1CCN(C(=O)NCc2ccccn2)CC1. The van der Waals surface area contributed by atoms with Gasteiger partial charge in [-0.3, -0.25) is 9.78 Å². The molecule has 0 bridgehead atoms. The first-order valence-electron chi connectivity index (χ1n) is 8.37. The third-order valence-corrected chi connectivity index (χ3v) is 4.22. The molecule has 2 aromatic rings. The van der Waals surface area contributed by atoms with E-state index in [2.05, 4.69) is 20.6 Å². The number of aromatic nitrogens is 2. The molecule has 1 fully saturated rings. The van der Waals surface area contributed by atoms with Crippen LogP contribution in [0.1, 0.15) is 18.5 Å². The molecule has 7 heteroatoms. The standard InChI is InChI=1S/C18H21N5O2/c24-17(22-16-6-2-4-10-20-16)14-7-11-23(12-8-14)18(25)21-13-15-5-1-3-9-19-15/h1-6,9-10,14H,7-8,11-13H2,(H,21,25)(H,20,22,24). The van der Waals surface area contributed by atoms with Crippen molar-refractivity contribution < 1.29 is 9.59 Å². The lowest BCUT2D eigenvalue weighted by atomic mass is 9.96. The normalized spacial score (nSPS) is 14.8. The topological polar surface area (TPSA) is 87.2 Å². The van der Waals surface area contributed by atoms with E-state index in [0.717, 1.165) is 5.69 Å². The lowest BCUT2D eigenvalue weighted by molar-refractivity contribution is -0.121. The van der Waals surface area contributed by atoms with Gasteiger partial charge in [0, 0.05) is 31.4 Å². The minimum Gasteiger partial charge on any atom is -0.332 e. The van der Waals surface area contributed by atoms with E-state index >= 15 is 0 Å². The largest absolute Gasteiger partial charge is 0.332 e. The second-order valence-electron chi connectivity index (χ2n) is 5.95. The van der Waals surface area contributed by atoms with E-state index in [1.807, 2.05) is 24.3 Å². The van der Waals surface area contributed by atoms with Crippen LogP contribution in [0.2, 0.25) is 0 Å². The summed E-state index contributed by atoms with van der Waals surface area (Å²) < 4.78 is 0. The Bertz CT molecular complexity index is 700. The highest BCUT2D eigenvalue weighted by Crippen LogP contribution is 2.19. The maximum Gasteiger partial charge on any atom is 0.317 e. The third-order valence-electron chi connectivity index (χ3n) is 4.22. The Morgan fingerprint density at radius 1 is 1.04 bits per heavy atom. The number of hydrogen-bond acceptors (Lipinski definition) is 4. The van der Waals surface area contributed by atoms with Gasteiger partial charge in [0.1, 0.15) is 5.82 Å².